The fraction of sp³-hybridized carbons (Fsp3) is 0.375. The predicted octanol–water partition coefficient (Wildman–Crippen LogP) is 3.15. The molecule has 0 N–H and O–H groups in total. The third-order valence-electron chi connectivity index (χ3n) is 5.67. The largest absolute Gasteiger partial charge is 0.496 e. The number of carbonyl (C=O) groups is 3. The molecule has 2 aromatic carbocycles. The van der Waals surface area contributed by atoms with Gasteiger partial charge in [-0.3, -0.25) is 14.5 Å². The number of methoxy groups -OCH3 is 2. The van der Waals surface area contributed by atoms with Crippen molar-refractivity contribution in [1.29, 1.82) is 0 Å². The van der Waals surface area contributed by atoms with Crippen LogP contribution in [0.2, 0.25) is 5.02 Å². The Morgan fingerprint density at radius 3 is 2.22 bits per heavy atom. The molecule has 0 radical (unpaired) electrons. The Hall–Kier alpha value is -2.90. The van der Waals surface area contributed by atoms with Gasteiger partial charge < -0.3 is 14.4 Å². The summed E-state index contributed by atoms with van der Waals surface area (Å²) in [5.74, 6) is 0.115. The number of Topliss-reactive ketones (excluding diaryl/α,β-unsaturated/α-hetero) is 1. The van der Waals surface area contributed by atoms with Gasteiger partial charge in [0, 0.05) is 42.3 Å². The van der Waals surface area contributed by atoms with Crippen LogP contribution in [-0.2, 0) is 20.7 Å². The van der Waals surface area contributed by atoms with E-state index >= 15 is 0 Å². The number of carbonyl (C=O) groups excluding carboxylic acids is 3. The molecule has 1 aliphatic rings. The van der Waals surface area contributed by atoms with Crippen LogP contribution in [0.1, 0.15) is 34.5 Å². The number of benzene rings is 2. The van der Waals surface area contributed by atoms with Gasteiger partial charge >= 0.3 is 5.97 Å². The van der Waals surface area contributed by atoms with Crippen molar-refractivity contribution in [3.05, 3.63) is 64.2 Å². The lowest BCUT2D eigenvalue weighted by Crippen LogP contribution is -2.51. The molecule has 1 fully saturated rings. The third-order valence-corrected chi connectivity index (χ3v) is 5.92. The van der Waals surface area contributed by atoms with Crippen molar-refractivity contribution in [1.82, 2.24) is 9.80 Å². The molecule has 1 aliphatic heterocycles. The summed E-state index contributed by atoms with van der Waals surface area (Å²) in [6.45, 7) is 3.51. The summed E-state index contributed by atoms with van der Waals surface area (Å²) in [7, 11) is 2.91. The van der Waals surface area contributed by atoms with Crippen LogP contribution in [0.5, 0.6) is 5.75 Å². The molecule has 0 spiro atoms. The summed E-state index contributed by atoms with van der Waals surface area (Å²) in [5.41, 5.74) is 2.02. The molecular formula is C24H27ClN2O5. The zero-order valence-corrected chi connectivity index (χ0v) is 19.2. The van der Waals surface area contributed by atoms with E-state index in [9.17, 15) is 14.4 Å². The molecule has 8 heteroatoms. The molecule has 170 valence electrons. The fourth-order valence-corrected chi connectivity index (χ4v) is 4.02. The first-order valence-electron chi connectivity index (χ1n) is 10.4. The maximum absolute atomic E-state index is 13.0. The van der Waals surface area contributed by atoms with Gasteiger partial charge in [-0.1, -0.05) is 23.7 Å². The first kappa shape index (κ1) is 23.8. The highest BCUT2D eigenvalue weighted by Crippen LogP contribution is 2.26. The lowest BCUT2D eigenvalue weighted by Gasteiger charge is -2.38. The van der Waals surface area contributed by atoms with Crippen molar-refractivity contribution in [2.75, 3.05) is 40.4 Å². The number of hydrogen-bond acceptors (Lipinski definition) is 6. The van der Waals surface area contributed by atoms with Crippen LogP contribution in [0.25, 0.3) is 0 Å². The maximum Gasteiger partial charge on any atom is 0.327 e. The number of ether oxygens (including phenoxy) is 2. The number of piperazine rings is 1. The monoisotopic (exact) mass is 458 g/mol. The quantitative estimate of drug-likeness (QED) is 0.468. The van der Waals surface area contributed by atoms with E-state index in [0.29, 0.717) is 48.1 Å². The second-order valence-electron chi connectivity index (χ2n) is 7.65. The summed E-state index contributed by atoms with van der Waals surface area (Å²) in [6.07, 6.45) is 0.141. The van der Waals surface area contributed by atoms with Gasteiger partial charge in [-0.15, -0.1) is 0 Å². The Morgan fingerprint density at radius 2 is 1.66 bits per heavy atom. The Kier molecular flexibility index (Phi) is 7.88. The van der Waals surface area contributed by atoms with E-state index in [1.54, 1.807) is 42.3 Å². The third kappa shape index (κ3) is 5.47. The predicted molar refractivity (Wildman–Crippen MR) is 121 cm³/mol. The number of ketones is 1. The van der Waals surface area contributed by atoms with E-state index in [1.165, 1.54) is 14.0 Å². The average molecular weight is 459 g/mol. The number of halogens is 1. The molecule has 1 saturated heterocycles. The topological polar surface area (TPSA) is 76.2 Å². The zero-order valence-electron chi connectivity index (χ0n) is 18.5. The van der Waals surface area contributed by atoms with Crippen molar-refractivity contribution >= 4 is 29.3 Å². The minimum atomic E-state index is -0.554. The Morgan fingerprint density at radius 1 is 1.00 bits per heavy atom. The van der Waals surface area contributed by atoms with Crippen LogP contribution in [0.15, 0.2) is 42.5 Å². The van der Waals surface area contributed by atoms with Gasteiger partial charge in [0.15, 0.2) is 5.78 Å². The molecule has 7 nitrogen and oxygen atoms in total. The first-order chi connectivity index (χ1) is 15.3. The number of rotatable bonds is 7. The zero-order chi connectivity index (χ0) is 23.3. The number of nitrogens with zero attached hydrogens (tertiary/aromatic N) is 2. The van der Waals surface area contributed by atoms with Crippen LogP contribution < -0.4 is 4.74 Å². The Labute approximate surface area is 192 Å². The lowest BCUT2D eigenvalue weighted by molar-refractivity contribution is -0.148. The summed E-state index contributed by atoms with van der Waals surface area (Å²) < 4.78 is 10.4. The van der Waals surface area contributed by atoms with Crippen LogP contribution in [0.3, 0.4) is 0 Å². The molecule has 0 bridgehead atoms. The van der Waals surface area contributed by atoms with Gasteiger partial charge in [-0.2, -0.15) is 0 Å². The molecule has 0 aliphatic carbocycles. The normalized spacial score (nSPS) is 15.2. The van der Waals surface area contributed by atoms with Gasteiger partial charge in [-0.25, -0.2) is 4.79 Å². The highest BCUT2D eigenvalue weighted by molar-refractivity contribution is 6.30. The molecule has 0 unspecified atom stereocenters. The van der Waals surface area contributed by atoms with Crippen LogP contribution in [0, 0.1) is 0 Å². The summed E-state index contributed by atoms with van der Waals surface area (Å²) in [6, 6.07) is 11.7. The molecule has 3 rings (SSSR count). The second-order valence-corrected chi connectivity index (χ2v) is 8.09. The molecule has 0 aromatic heterocycles. The molecule has 0 saturated carbocycles. The molecule has 1 amide bonds. The van der Waals surface area contributed by atoms with E-state index in [1.807, 2.05) is 17.0 Å². The molecule has 2 aromatic rings. The van der Waals surface area contributed by atoms with E-state index in [2.05, 4.69) is 0 Å². The van der Waals surface area contributed by atoms with Crippen molar-refractivity contribution in [2.24, 2.45) is 0 Å². The average Bonchev–Trinajstić information content (AvgIpc) is 2.80. The van der Waals surface area contributed by atoms with Crippen LogP contribution in [-0.4, -0.2) is 67.9 Å². The minimum absolute atomic E-state index is 0.0511. The van der Waals surface area contributed by atoms with Gasteiger partial charge in [0.2, 0.25) is 5.91 Å². The van der Waals surface area contributed by atoms with Gasteiger partial charge in [0.25, 0.3) is 0 Å². The SMILES string of the molecule is COC(=O)[C@H](c1ccc(Cl)cc1)N1CCN(C(=O)Cc2cc(C(C)=O)ccc2OC)CC1. The van der Waals surface area contributed by atoms with E-state index in [0.717, 1.165) is 5.56 Å². The van der Waals surface area contributed by atoms with Gasteiger partial charge in [0.1, 0.15) is 11.8 Å². The molecule has 1 heterocycles. The van der Waals surface area contributed by atoms with Crippen LogP contribution in [0.4, 0.5) is 0 Å². The van der Waals surface area contributed by atoms with E-state index in [4.69, 9.17) is 21.1 Å². The number of hydrogen-bond donors (Lipinski definition) is 0. The highest BCUT2D eigenvalue weighted by atomic mass is 35.5. The molecular weight excluding hydrogens is 432 g/mol. The Bertz CT molecular complexity index is 984. The first-order valence-corrected chi connectivity index (χ1v) is 10.7. The van der Waals surface area contributed by atoms with E-state index in [-0.39, 0.29) is 24.1 Å². The fourth-order valence-electron chi connectivity index (χ4n) is 3.89. The smallest absolute Gasteiger partial charge is 0.327 e. The van der Waals surface area contributed by atoms with Crippen molar-refractivity contribution in [3.8, 4) is 5.75 Å². The second kappa shape index (κ2) is 10.6. The Balaban J connectivity index is 1.68. The maximum atomic E-state index is 13.0. The molecule has 1 atom stereocenters. The molecule has 32 heavy (non-hydrogen) atoms. The van der Waals surface area contributed by atoms with E-state index < -0.39 is 6.04 Å². The van der Waals surface area contributed by atoms with Crippen molar-refractivity contribution in [3.63, 3.8) is 0 Å². The summed E-state index contributed by atoms with van der Waals surface area (Å²) in [4.78, 5) is 40.9. The highest BCUT2D eigenvalue weighted by Gasteiger charge is 2.32. The standard InChI is InChI=1S/C24H27ClN2O5/c1-16(28)18-6-9-21(31-2)19(14-18)15-22(29)26-10-12-27(13-11-26)23(24(30)32-3)17-4-7-20(25)8-5-17/h4-9,14,23H,10-13,15H2,1-3H3/t23-/m0/s1. The number of esters is 1. The van der Waals surface area contributed by atoms with Crippen LogP contribution >= 0.6 is 11.6 Å². The minimum Gasteiger partial charge on any atom is -0.496 e. The van der Waals surface area contributed by atoms with Gasteiger partial charge in [-0.05, 0) is 42.8 Å². The number of amides is 1. The van der Waals surface area contributed by atoms with Crippen molar-refractivity contribution < 1.29 is 23.9 Å². The summed E-state index contributed by atoms with van der Waals surface area (Å²) in [5, 5.41) is 0.594. The summed E-state index contributed by atoms with van der Waals surface area (Å²) >= 11 is 5.98. The lowest BCUT2D eigenvalue weighted by atomic mass is 10.0. The van der Waals surface area contributed by atoms with Gasteiger partial charge in [0.05, 0.1) is 20.6 Å². The van der Waals surface area contributed by atoms with Crippen molar-refractivity contribution in [2.45, 2.75) is 19.4 Å².